The van der Waals surface area contributed by atoms with Crippen LogP contribution in [0.5, 0.6) is 0 Å². The largest absolute Gasteiger partial charge is 0.469 e. The first-order valence-electron chi connectivity index (χ1n) is 10.1. The average Bonchev–Trinajstić information content (AvgIpc) is 2.53. The van der Waals surface area contributed by atoms with Crippen LogP contribution in [-0.2, 0) is 18.8 Å². The number of fused-ring (bicyclic) bond motifs is 1. The highest BCUT2D eigenvalue weighted by Crippen LogP contribution is 2.61. The molecule has 4 nitrogen and oxygen atoms in total. The third-order valence-corrected chi connectivity index (χ3v) is 12.4. The number of ether oxygens (including phenoxy) is 1. The first-order valence-corrected chi connectivity index (χ1v) is 13.0. The summed E-state index contributed by atoms with van der Waals surface area (Å²) in [5, 5.41) is 0.171. The maximum atomic E-state index is 12.4. The van der Waals surface area contributed by atoms with Crippen LogP contribution in [-0.4, -0.2) is 33.8 Å². The van der Waals surface area contributed by atoms with Crippen molar-refractivity contribution in [1.29, 1.82) is 0 Å². The Bertz CT molecular complexity index is 551. The summed E-state index contributed by atoms with van der Waals surface area (Å²) in [6, 6.07) is 0. The number of hydrogen-bond acceptors (Lipinski definition) is 4. The van der Waals surface area contributed by atoms with Gasteiger partial charge < -0.3 is 9.16 Å². The van der Waals surface area contributed by atoms with Gasteiger partial charge in [0, 0.05) is 25.9 Å². The molecule has 26 heavy (non-hydrogen) atoms. The zero-order valence-electron chi connectivity index (χ0n) is 17.9. The summed E-state index contributed by atoms with van der Waals surface area (Å²) in [6.07, 6.45) is 5.75. The molecule has 2 fully saturated rings. The predicted molar refractivity (Wildman–Crippen MR) is 107 cm³/mol. The highest BCUT2D eigenvalue weighted by molar-refractivity contribution is 6.74. The first kappa shape index (κ1) is 21.6. The van der Waals surface area contributed by atoms with E-state index in [4.69, 9.17) is 9.16 Å². The molecule has 150 valence electrons. The van der Waals surface area contributed by atoms with E-state index >= 15 is 0 Å². The lowest BCUT2D eigenvalue weighted by molar-refractivity contribution is -0.158. The molecule has 2 aliphatic rings. The zero-order valence-corrected chi connectivity index (χ0v) is 18.9. The van der Waals surface area contributed by atoms with Gasteiger partial charge in [0.15, 0.2) is 8.32 Å². The third-order valence-electron chi connectivity index (χ3n) is 7.92. The summed E-state index contributed by atoms with van der Waals surface area (Å²) in [6.45, 7) is 14.4. The average molecular weight is 383 g/mol. The van der Waals surface area contributed by atoms with E-state index in [-0.39, 0.29) is 27.8 Å². The van der Waals surface area contributed by atoms with Gasteiger partial charge in [-0.15, -0.1) is 0 Å². The molecule has 1 unspecified atom stereocenters. The Morgan fingerprint density at radius 2 is 1.92 bits per heavy atom. The Morgan fingerprint density at radius 1 is 1.27 bits per heavy atom. The smallest absolute Gasteiger partial charge is 0.305 e. The minimum absolute atomic E-state index is 0.00731. The molecule has 0 aromatic carbocycles. The van der Waals surface area contributed by atoms with Crippen molar-refractivity contribution in [2.45, 2.75) is 90.8 Å². The minimum atomic E-state index is -1.86. The van der Waals surface area contributed by atoms with E-state index in [2.05, 4.69) is 40.8 Å². The number of rotatable bonds is 5. The maximum absolute atomic E-state index is 12.4. The molecule has 0 heterocycles. The first-order chi connectivity index (χ1) is 11.9. The predicted octanol–water partition coefficient (Wildman–Crippen LogP) is 5.12. The van der Waals surface area contributed by atoms with Crippen molar-refractivity contribution in [2.24, 2.45) is 16.7 Å². The molecule has 0 aliphatic heterocycles. The number of Topliss-reactive ketones (excluding diaryl/α,β-unsaturated/α-hetero) is 1. The quantitative estimate of drug-likeness (QED) is 0.489. The topological polar surface area (TPSA) is 52.6 Å². The van der Waals surface area contributed by atoms with Gasteiger partial charge in [0.2, 0.25) is 0 Å². The van der Waals surface area contributed by atoms with Gasteiger partial charge in [0.25, 0.3) is 0 Å². The van der Waals surface area contributed by atoms with E-state index in [1.165, 1.54) is 7.11 Å². The fraction of sp³-hybridized carbons (Fsp3) is 0.905. The van der Waals surface area contributed by atoms with E-state index < -0.39 is 8.32 Å². The molecule has 0 amide bonds. The number of hydrogen-bond donors (Lipinski definition) is 0. The van der Waals surface area contributed by atoms with Gasteiger partial charge in [-0.25, -0.2) is 0 Å². The molecule has 3 atom stereocenters. The monoisotopic (exact) mass is 382 g/mol. The van der Waals surface area contributed by atoms with Crippen molar-refractivity contribution in [3.05, 3.63) is 0 Å². The molecular formula is C21H38O4Si. The fourth-order valence-corrected chi connectivity index (χ4v) is 5.87. The lowest BCUT2D eigenvalue weighted by atomic mass is 9.46. The van der Waals surface area contributed by atoms with Crippen molar-refractivity contribution < 1.29 is 18.8 Å². The Labute approximate surface area is 160 Å². The molecule has 0 radical (unpaired) electrons. The summed E-state index contributed by atoms with van der Waals surface area (Å²) in [5.41, 5.74) is -0.162. The van der Waals surface area contributed by atoms with Crippen LogP contribution in [0.4, 0.5) is 0 Å². The summed E-state index contributed by atoms with van der Waals surface area (Å²) in [4.78, 5) is 24.4. The summed E-state index contributed by atoms with van der Waals surface area (Å²) in [5.74, 6) is 0.388. The molecule has 0 saturated heterocycles. The second kappa shape index (κ2) is 7.38. The molecule has 0 bridgehead atoms. The van der Waals surface area contributed by atoms with Gasteiger partial charge in [-0.3, -0.25) is 9.59 Å². The van der Waals surface area contributed by atoms with Crippen LogP contribution in [0.1, 0.15) is 72.6 Å². The number of ketones is 1. The van der Waals surface area contributed by atoms with Gasteiger partial charge in [-0.2, -0.15) is 0 Å². The number of carbonyl (C=O) groups excluding carboxylic acids is 2. The fourth-order valence-electron chi connectivity index (χ4n) is 4.80. The lowest BCUT2D eigenvalue weighted by Crippen LogP contribution is -2.56. The van der Waals surface area contributed by atoms with E-state index in [9.17, 15) is 9.59 Å². The minimum Gasteiger partial charge on any atom is -0.469 e. The molecular weight excluding hydrogens is 344 g/mol. The highest BCUT2D eigenvalue weighted by atomic mass is 28.4. The van der Waals surface area contributed by atoms with E-state index in [1.807, 2.05) is 0 Å². The van der Waals surface area contributed by atoms with Gasteiger partial charge in [0.1, 0.15) is 5.78 Å². The van der Waals surface area contributed by atoms with Crippen LogP contribution in [0.2, 0.25) is 18.1 Å². The molecule has 0 aromatic rings. The Hall–Kier alpha value is -0.683. The molecule has 0 spiro atoms. The van der Waals surface area contributed by atoms with Crippen molar-refractivity contribution >= 4 is 20.1 Å². The van der Waals surface area contributed by atoms with Gasteiger partial charge in [0.05, 0.1) is 7.11 Å². The molecule has 0 N–H and O–H groups in total. The Balaban J connectivity index is 2.30. The van der Waals surface area contributed by atoms with Crippen LogP contribution < -0.4 is 0 Å². The van der Waals surface area contributed by atoms with Gasteiger partial charge in [-0.1, -0.05) is 34.1 Å². The van der Waals surface area contributed by atoms with Crippen molar-refractivity contribution in [1.82, 2.24) is 0 Å². The number of methoxy groups -OCH3 is 1. The summed E-state index contributed by atoms with van der Waals surface area (Å²) < 4.78 is 11.6. The van der Waals surface area contributed by atoms with Crippen LogP contribution in [0.15, 0.2) is 0 Å². The van der Waals surface area contributed by atoms with Crippen LogP contribution in [0.25, 0.3) is 0 Å². The number of carbonyl (C=O) groups is 2. The van der Waals surface area contributed by atoms with E-state index in [1.54, 1.807) is 0 Å². The Morgan fingerprint density at radius 3 is 2.50 bits per heavy atom. The van der Waals surface area contributed by atoms with Crippen molar-refractivity contribution in [3.63, 3.8) is 0 Å². The Kier molecular flexibility index (Phi) is 6.14. The van der Waals surface area contributed by atoms with Crippen molar-refractivity contribution in [3.8, 4) is 0 Å². The van der Waals surface area contributed by atoms with Crippen molar-refractivity contribution in [2.75, 3.05) is 13.7 Å². The maximum Gasteiger partial charge on any atom is 0.305 e. The highest BCUT2D eigenvalue weighted by Gasteiger charge is 2.58. The normalized spacial score (nSPS) is 32.9. The molecule has 2 aliphatic carbocycles. The summed E-state index contributed by atoms with van der Waals surface area (Å²) >= 11 is 0. The van der Waals surface area contributed by atoms with Crippen LogP contribution >= 0.6 is 0 Å². The molecule has 5 heteroatoms. The van der Waals surface area contributed by atoms with Crippen LogP contribution in [0, 0.1) is 16.7 Å². The summed E-state index contributed by atoms with van der Waals surface area (Å²) in [7, 11) is -0.406. The lowest BCUT2D eigenvalue weighted by Gasteiger charge is -2.59. The SMILES string of the molecule is COC(=O)CC1CCC[C@]2(CO[Si](C)(C)C(C)(C)C)CCC(=O)C[C@]12C. The second-order valence-corrected chi connectivity index (χ2v) is 15.1. The van der Waals surface area contributed by atoms with E-state index in [0.717, 1.165) is 32.3 Å². The zero-order chi connectivity index (χ0) is 19.8. The third kappa shape index (κ3) is 3.94. The number of esters is 1. The van der Waals surface area contributed by atoms with E-state index in [0.29, 0.717) is 25.0 Å². The standard InChI is InChI=1S/C21H38O4Si/c1-19(2,3)26(6,7)25-15-21-11-8-9-16(13-18(23)24-5)20(21,4)14-17(22)10-12-21/h16H,8-15H2,1-7H3/t16?,20-,21-/m1/s1. The molecule has 2 saturated carbocycles. The second-order valence-electron chi connectivity index (χ2n) is 10.3. The van der Waals surface area contributed by atoms with Crippen LogP contribution in [0.3, 0.4) is 0 Å². The molecule has 2 rings (SSSR count). The molecule has 0 aromatic heterocycles. The van der Waals surface area contributed by atoms with Gasteiger partial charge in [-0.05, 0) is 54.1 Å². The van der Waals surface area contributed by atoms with Gasteiger partial charge >= 0.3 is 5.97 Å².